The van der Waals surface area contributed by atoms with Gasteiger partial charge in [-0.2, -0.15) is 0 Å². The smallest absolute Gasteiger partial charge is 0.254 e. The number of ether oxygens (including phenoxy) is 1. The number of H-pyrrole nitrogens is 2. The predicted octanol–water partition coefficient (Wildman–Crippen LogP) is 3.46. The number of hydrogen-bond donors (Lipinski definition) is 3. The second-order valence-electron chi connectivity index (χ2n) is 5.85. The fourth-order valence-electron chi connectivity index (χ4n) is 3.24. The molecule has 0 spiro atoms. The zero-order valence-corrected chi connectivity index (χ0v) is 13.7. The Morgan fingerprint density at radius 1 is 1.12 bits per heavy atom. The summed E-state index contributed by atoms with van der Waals surface area (Å²) in [5.41, 5.74) is 1.10. The number of aromatic nitrogens is 2. The highest BCUT2D eigenvalue weighted by Gasteiger charge is 2.21. The summed E-state index contributed by atoms with van der Waals surface area (Å²) < 4.78 is 33.5. The lowest BCUT2D eigenvalue weighted by Gasteiger charge is -2.12. The number of halogens is 2. The summed E-state index contributed by atoms with van der Waals surface area (Å²) in [6.45, 7) is -0.582. The first-order valence-corrected chi connectivity index (χ1v) is 7.85. The molecule has 26 heavy (non-hydrogen) atoms. The number of benzene rings is 2. The van der Waals surface area contributed by atoms with Crippen molar-refractivity contribution >= 4 is 21.9 Å². The van der Waals surface area contributed by atoms with Crippen LogP contribution >= 0.6 is 0 Å². The fraction of sp³-hybridized carbons (Fsp3) is 0.105. The molecule has 0 saturated carbocycles. The molecule has 132 valence electrons. The summed E-state index contributed by atoms with van der Waals surface area (Å²) in [6, 6.07) is 8.66. The van der Waals surface area contributed by atoms with E-state index >= 15 is 0 Å². The van der Waals surface area contributed by atoms with Gasteiger partial charge in [-0.3, -0.25) is 4.79 Å². The van der Waals surface area contributed by atoms with Gasteiger partial charge in [-0.05, 0) is 24.3 Å². The van der Waals surface area contributed by atoms with E-state index in [0.717, 1.165) is 0 Å². The second-order valence-corrected chi connectivity index (χ2v) is 5.85. The van der Waals surface area contributed by atoms with Gasteiger partial charge in [0.2, 0.25) is 0 Å². The molecule has 0 aliphatic carbocycles. The van der Waals surface area contributed by atoms with Gasteiger partial charge in [0.25, 0.3) is 5.56 Å². The second kappa shape index (κ2) is 5.96. The topological polar surface area (TPSA) is 78.1 Å². The zero-order chi connectivity index (χ0) is 18.4. The Morgan fingerprint density at radius 2 is 1.92 bits per heavy atom. The van der Waals surface area contributed by atoms with E-state index in [0.29, 0.717) is 21.9 Å². The highest BCUT2D eigenvalue weighted by molar-refractivity contribution is 6.10. The summed E-state index contributed by atoms with van der Waals surface area (Å²) in [6.07, 6.45) is 0. The SMILES string of the molecule is COc1cccc(-c2c(CO)c(=O)[nH]c3c2[nH]c2ccc(F)cc23)c1F. The number of fused-ring (bicyclic) bond motifs is 3. The van der Waals surface area contributed by atoms with Gasteiger partial charge in [-0.15, -0.1) is 0 Å². The van der Waals surface area contributed by atoms with Crippen molar-refractivity contribution in [1.82, 2.24) is 9.97 Å². The van der Waals surface area contributed by atoms with Crippen molar-refractivity contribution < 1.29 is 18.6 Å². The Bertz CT molecular complexity index is 1210. The van der Waals surface area contributed by atoms with Gasteiger partial charge in [-0.1, -0.05) is 12.1 Å². The molecule has 4 rings (SSSR count). The van der Waals surface area contributed by atoms with E-state index in [-0.39, 0.29) is 22.4 Å². The van der Waals surface area contributed by atoms with E-state index < -0.39 is 23.8 Å². The van der Waals surface area contributed by atoms with Crippen molar-refractivity contribution in [2.45, 2.75) is 6.61 Å². The molecule has 0 atom stereocenters. The summed E-state index contributed by atoms with van der Waals surface area (Å²) in [5, 5.41) is 10.2. The van der Waals surface area contributed by atoms with E-state index in [1.54, 1.807) is 6.07 Å². The Labute approximate surface area is 145 Å². The maximum atomic E-state index is 14.9. The van der Waals surface area contributed by atoms with Crippen LogP contribution in [0, 0.1) is 11.6 Å². The molecule has 2 heterocycles. The molecule has 2 aromatic carbocycles. The fourth-order valence-corrected chi connectivity index (χ4v) is 3.24. The number of pyridine rings is 1. The van der Waals surface area contributed by atoms with Crippen LogP contribution in [0.3, 0.4) is 0 Å². The van der Waals surface area contributed by atoms with Gasteiger partial charge in [0, 0.05) is 22.0 Å². The third-order valence-electron chi connectivity index (χ3n) is 4.44. The van der Waals surface area contributed by atoms with Crippen molar-refractivity contribution in [1.29, 1.82) is 0 Å². The first-order chi connectivity index (χ1) is 12.5. The van der Waals surface area contributed by atoms with E-state index in [1.165, 1.54) is 37.4 Å². The first-order valence-electron chi connectivity index (χ1n) is 7.85. The summed E-state index contributed by atoms with van der Waals surface area (Å²) >= 11 is 0. The summed E-state index contributed by atoms with van der Waals surface area (Å²) in [5.74, 6) is -1.09. The van der Waals surface area contributed by atoms with Crippen LogP contribution in [-0.4, -0.2) is 22.2 Å². The molecule has 0 radical (unpaired) electrons. The minimum Gasteiger partial charge on any atom is -0.494 e. The van der Waals surface area contributed by atoms with Crippen LogP contribution < -0.4 is 10.3 Å². The highest BCUT2D eigenvalue weighted by atomic mass is 19.1. The number of aliphatic hydroxyl groups is 1. The van der Waals surface area contributed by atoms with Crippen molar-refractivity contribution in [3.63, 3.8) is 0 Å². The molecule has 7 heteroatoms. The number of aliphatic hydroxyl groups excluding tert-OH is 1. The van der Waals surface area contributed by atoms with Crippen LogP contribution in [-0.2, 0) is 6.61 Å². The lowest BCUT2D eigenvalue weighted by molar-refractivity contribution is 0.281. The van der Waals surface area contributed by atoms with Crippen molar-refractivity contribution in [3.8, 4) is 16.9 Å². The maximum absolute atomic E-state index is 14.9. The van der Waals surface area contributed by atoms with Crippen LogP contribution in [0.2, 0.25) is 0 Å². The molecule has 0 fully saturated rings. The number of nitrogens with one attached hydrogen (secondary N) is 2. The van der Waals surface area contributed by atoms with Crippen molar-refractivity contribution in [2.75, 3.05) is 7.11 Å². The number of aromatic amines is 2. The minimum atomic E-state index is -0.651. The van der Waals surface area contributed by atoms with Gasteiger partial charge in [-0.25, -0.2) is 8.78 Å². The number of hydrogen-bond acceptors (Lipinski definition) is 3. The lowest BCUT2D eigenvalue weighted by atomic mass is 9.99. The summed E-state index contributed by atoms with van der Waals surface area (Å²) in [7, 11) is 1.34. The maximum Gasteiger partial charge on any atom is 0.254 e. The lowest BCUT2D eigenvalue weighted by Crippen LogP contribution is -2.14. The van der Waals surface area contributed by atoms with Gasteiger partial charge in [0.05, 0.1) is 30.3 Å². The number of methoxy groups -OCH3 is 1. The van der Waals surface area contributed by atoms with Gasteiger partial charge >= 0.3 is 0 Å². The molecule has 4 aromatic rings. The molecule has 0 saturated heterocycles. The Kier molecular flexibility index (Phi) is 3.73. The van der Waals surface area contributed by atoms with Crippen LogP contribution in [0.1, 0.15) is 5.56 Å². The normalized spacial score (nSPS) is 11.4. The molecule has 0 amide bonds. The van der Waals surface area contributed by atoms with E-state index in [4.69, 9.17) is 4.74 Å². The highest BCUT2D eigenvalue weighted by Crippen LogP contribution is 2.36. The molecule has 0 aliphatic rings. The van der Waals surface area contributed by atoms with Crippen LogP contribution in [0.25, 0.3) is 33.1 Å². The van der Waals surface area contributed by atoms with E-state index in [9.17, 15) is 18.7 Å². The Balaban J connectivity index is 2.20. The zero-order valence-electron chi connectivity index (χ0n) is 13.7. The third-order valence-corrected chi connectivity index (χ3v) is 4.44. The summed E-state index contributed by atoms with van der Waals surface area (Å²) in [4.78, 5) is 18.2. The molecular weight excluding hydrogens is 342 g/mol. The van der Waals surface area contributed by atoms with E-state index in [2.05, 4.69) is 9.97 Å². The van der Waals surface area contributed by atoms with Gasteiger partial charge < -0.3 is 19.8 Å². The van der Waals surface area contributed by atoms with Gasteiger partial charge in [0.1, 0.15) is 5.82 Å². The molecular formula is C19H14F2N2O3. The van der Waals surface area contributed by atoms with Crippen molar-refractivity contribution in [2.24, 2.45) is 0 Å². The molecule has 2 aromatic heterocycles. The first kappa shape index (κ1) is 16.3. The largest absolute Gasteiger partial charge is 0.494 e. The Hall–Kier alpha value is -3.19. The third kappa shape index (κ3) is 2.28. The standard InChI is InChI=1S/C19H14F2N2O3/c1-26-14-4-2-3-10(16(14)21)15-12(8-24)19(25)23-17-11-7-9(20)5-6-13(11)22-18(15)17/h2-7,22,24H,8H2,1H3,(H,23,25). The molecule has 3 N–H and O–H groups in total. The monoisotopic (exact) mass is 356 g/mol. The van der Waals surface area contributed by atoms with Gasteiger partial charge in [0.15, 0.2) is 11.6 Å². The van der Waals surface area contributed by atoms with Crippen LogP contribution in [0.5, 0.6) is 5.75 Å². The molecule has 0 aliphatic heterocycles. The molecule has 0 bridgehead atoms. The number of rotatable bonds is 3. The Morgan fingerprint density at radius 3 is 2.65 bits per heavy atom. The van der Waals surface area contributed by atoms with Crippen LogP contribution in [0.15, 0.2) is 41.2 Å². The average Bonchev–Trinajstić information content (AvgIpc) is 2.98. The minimum absolute atomic E-state index is 0.0108. The predicted molar refractivity (Wildman–Crippen MR) is 94.3 cm³/mol. The molecule has 5 nitrogen and oxygen atoms in total. The molecule has 0 unspecified atom stereocenters. The quantitative estimate of drug-likeness (QED) is 0.526. The van der Waals surface area contributed by atoms with E-state index in [1.807, 2.05) is 0 Å². The van der Waals surface area contributed by atoms with Crippen LogP contribution in [0.4, 0.5) is 8.78 Å². The average molecular weight is 356 g/mol. The van der Waals surface area contributed by atoms with Crippen molar-refractivity contribution in [3.05, 3.63) is 63.9 Å².